The quantitative estimate of drug-likeness (QED) is 0.349. The highest BCUT2D eigenvalue weighted by atomic mass is 16.5. The lowest BCUT2D eigenvalue weighted by molar-refractivity contribution is 0.0695. The molecular formula is C29H28O6. The number of ether oxygens (including phenoxy) is 1. The van der Waals surface area contributed by atoms with Crippen LogP contribution in [0.15, 0.2) is 54.6 Å². The highest BCUT2D eigenvalue weighted by molar-refractivity contribution is 5.96. The summed E-state index contributed by atoms with van der Waals surface area (Å²) < 4.78 is 6.21. The molecule has 0 spiro atoms. The number of carbonyl (C=O) groups excluding carboxylic acids is 1. The van der Waals surface area contributed by atoms with E-state index in [1.165, 1.54) is 17.7 Å². The molecule has 4 rings (SSSR count). The number of aromatic carboxylic acids is 2. The Morgan fingerprint density at radius 2 is 1.66 bits per heavy atom. The first-order valence-electron chi connectivity index (χ1n) is 11.7. The van der Waals surface area contributed by atoms with Crippen LogP contribution in [0.5, 0.6) is 5.75 Å². The Balaban J connectivity index is 1.65. The van der Waals surface area contributed by atoms with Crippen molar-refractivity contribution in [2.75, 3.05) is 0 Å². The summed E-state index contributed by atoms with van der Waals surface area (Å²) in [6, 6.07) is 15.7. The van der Waals surface area contributed by atoms with Crippen LogP contribution in [0, 0.1) is 6.92 Å². The fraction of sp³-hybridized carbons (Fsp3) is 0.276. The number of aryl methyl sites for hydroxylation is 1. The van der Waals surface area contributed by atoms with Crippen molar-refractivity contribution in [1.29, 1.82) is 0 Å². The molecule has 0 saturated heterocycles. The van der Waals surface area contributed by atoms with E-state index < -0.39 is 11.9 Å². The van der Waals surface area contributed by atoms with E-state index in [1.807, 2.05) is 38.1 Å². The lowest BCUT2D eigenvalue weighted by atomic mass is 9.91. The molecule has 1 aliphatic carbocycles. The second-order valence-electron chi connectivity index (χ2n) is 8.96. The van der Waals surface area contributed by atoms with Crippen LogP contribution < -0.4 is 4.74 Å². The molecular weight excluding hydrogens is 444 g/mol. The molecule has 2 N–H and O–H groups in total. The molecule has 3 aromatic carbocycles. The molecule has 0 bridgehead atoms. The number of ketones is 1. The van der Waals surface area contributed by atoms with Crippen LogP contribution in [0.3, 0.4) is 0 Å². The van der Waals surface area contributed by atoms with Crippen molar-refractivity contribution >= 4 is 17.7 Å². The molecule has 180 valence electrons. The van der Waals surface area contributed by atoms with Gasteiger partial charge in [-0.3, -0.25) is 4.79 Å². The Labute approximate surface area is 204 Å². The van der Waals surface area contributed by atoms with Crippen LogP contribution in [0.1, 0.15) is 91.0 Å². The van der Waals surface area contributed by atoms with Gasteiger partial charge < -0.3 is 14.9 Å². The minimum atomic E-state index is -1.16. The molecule has 0 aliphatic heterocycles. The zero-order valence-corrected chi connectivity index (χ0v) is 19.8. The molecule has 0 radical (unpaired) electrons. The smallest absolute Gasteiger partial charge is 0.336 e. The molecule has 6 heteroatoms. The van der Waals surface area contributed by atoms with E-state index in [2.05, 4.69) is 6.07 Å². The first kappa shape index (κ1) is 24.2. The van der Waals surface area contributed by atoms with Crippen molar-refractivity contribution in [2.45, 2.75) is 52.1 Å². The Hall–Kier alpha value is -3.93. The van der Waals surface area contributed by atoms with Gasteiger partial charge in [-0.1, -0.05) is 31.2 Å². The van der Waals surface area contributed by atoms with Crippen LogP contribution in [0.4, 0.5) is 0 Å². The van der Waals surface area contributed by atoms with E-state index in [0.717, 1.165) is 29.5 Å². The molecule has 0 atom stereocenters. The minimum Gasteiger partial charge on any atom is -0.489 e. The Morgan fingerprint density at radius 3 is 2.29 bits per heavy atom. The van der Waals surface area contributed by atoms with Crippen LogP contribution >= 0.6 is 0 Å². The van der Waals surface area contributed by atoms with E-state index in [-0.39, 0.29) is 16.9 Å². The topological polar surface area (TPSA) is 101 Å². The molecule has 0 heterocycles. The van der Waals surface area contributed by atoms with Crippen molar-refractivity contribution in [3.05, 3.63) is 99.1 Å². The van der Waals surface area contributed by atoms with Crippen molar-refractivity contribution in [3.63, 3.8) is 0 Å². The number of carbonyl (C=O) groups is 3. The van der Waals surface area contributed by atoms with Gasteiger partial charge in [0.2, 0.25) is 0 Å². The number of carboxylic acids is 2. The van der Waals surface area contributed by atoms with E-state index in [4.69, 9.17) is 4.74 Å². The summed E-state index contributed by atoms with van der Waals surface area (Å²) in [7, 11) is 0. The van der Waals surface area contributed by atoms with Gasteiger partial charge in [-0.25, -0.2) is 9.59 Å². The Bertz CT molecular complexity index is 1300. The standard InChI is InChI=1S/C29H28O6/c1-3-26(30)21-11-12-27(17(2)13-21)35-16-25-19(5-4-6-23(25)18-7-8-18)14-20-9-10-22(28(31)32)15-24(20)29(33)34/h4-6,9-13,15,18H,3,7-8,14,16H2,1-2H3,(H,31,32)(H,33,34). The van der Waals surface area contributed by atoms with Gasteiger partial charge in [0, 0.05) is 12.0 Å². The van der Waals surface area contributed by atoms with Crippen molar-refractivity contribution < 1.29 is 29.3 Å². The van der Waals surface area contributed by atoms with Gasteiger partial charge in [-0.05, 0) is 90.3 Å². The SMILES string of the molecule is CCC(=O)c1ccc(OCc2c(Cc3ccc(C(=O)O)cc3C(=O)O)cccc2C2CC2)c(C)c1. The van der Waals surface area contributed by atoms with Crippen molar-refractivity contribution in [3.8, 4) is 5.75 Å². The molecule has 0 amide bonds. The number of benzene rings is 3. The Morgan fingerprint density at radius 1 is 0.914 bits per heavy atom. The average molecular weight is 473 g/mol. The summed E-state index contributed by atoms with van der Waals surface area (Å²) in [5.74, 6) is -1.06. The number of hydrogen-bond acceptors (Lipinski definition) is 4. The molecule has 0 unspecified atom stereocenters. The third-order valence-electron chi connectivity index (χ3n) is 6.48. The highest BCUT2D eigenvalue weighted by Crippen LogP contribution is 2.43. The van der Waals surface area contributed by atoms with Gasteiger partial charge in [0.1, 0.15) is 12.4 Å². The van der Waals surface area contributed by atoms with Gasteiger partial charge in [0.05, 0.1) is 11.1 Å². The first-order valence-corrected chi connectivity index (χ1v) is 11.7. The summed E-state index contributed by atoms with van der Waals surface area (Å²) in [6.45, 7) is 4.07. The zero-order valence-electron chi connectivity index (χ0n) is 19.8. The summed E-state index contributed by atoms with van der Waals surface area (Å²) in [5.41, 5.74) is 5.22. The maximum atomic E-state index is 12.0. The number of carboxylic acid groups (broad SMARTS) is 2. The van der Waals surface area contributed by atoms with Crippen LogP contribution in [-0.4, -0.2) is 27.9 Å². The summed E-state index contributed by atoms with van der Waals surface area (Å²) in [4.78, 5) is 35.2. The lowest BCUT2D eigenvalue weighted by Crippen LogP contribution is -2.10. The summed E-state index contributed by atoms with van der Waals surface area (Å²) >= 11 is 0. The van der Waals surface area contributed by atoms with Gasteiger partial charge in [-0.15, -0.1) is 0 Å². The fourth-order valence-electron chi connectivity index (χ4n) is 4.38. The van der Waals surface area contributed by atoms with Crippen molar-refractivity contribution in [1.82, 2.24) is 0 Å². The minimum absolute atomic E-state index is 0.0133. The molecule has 35 heavy (non-hydrogen) atoms. The van der Waals surface area contributed by atoms with Gasteiger partial charge in [-0.2, -0.15) is 0 Å². The fourth-order valence-corrected chi connectivity index (χ4v) is 4.38. The second-order valence-corrected chi connectivity index (χ2v) is 8.96. The van der Waals surface area contributed by atoms with E-state index in [9.17, 15) is 24.6 Å². The second kappa shape index (κ2) is 10.1. The predicted molar refractivity (Wildman–Crippen MR) is 132 cm³/mol. The number of Topliss-reactive ketones (excluding diaryl/α,β-unsaturated/α-hetero) is 1. The monoisotopic (exact) mass is 472 g/mol. The molecule has 1 aliphatic rings. The molecule has 1 fully saturated rings. The maximum absolute atomic E-state index is 12.0. The van der Waals surface area contributed by atoms with Crippen LogP contribution in [0.2, 0.25) is 0 Å². The largest absolute Gasteiger partial charge is 0.489 e. The third-order valence-corrected chi connectivity index (χ3v) is 6.48. The molecule has 0 aromatic heterocycles. The maximum Gasteiger partial charge on any atom is 0.336 e. The average Bonchev–Trinajstić information content (AvgIpc) is 3.68. The highest BCUT2D eigenvalue weighted by Gasteiger charge is 2.27. The number of rotatable bonds is 10. The predicted octanol–water partition coefficient (Wildman–Crippen LogP) is 6.03. The summed E-state index contributed by atoms with van der Waals surface area (Å²) in [6.07, 6.45) is 3.02. The summed E-state index contributed by atoms with van der Waals surface area (Å²) in [5, 5.41) is 18.9. The first-order chi connectivity index (χ1) is 16.8. The van der Waals surface area contributed by atoms with E-state index in [0.29, 0.717) is 42.2 Å². The van der Waals surface area contributed by atoms with Gasteiger partial charge in [0.25, 0.3) is 0 Å². The lowest BCUT2D eigenvalue weighted by Gasteiger charge is -2.18. The number of hydrogen-bond donors (Lipinski definition) is 2. The van der Waals surface area contributed by atoms with E-state index in [1.54, 1.807) is 12.1 Å². The van der Waals surface area contributed by atoms with Gasteiger partial charge >= 0.3 is 11.9 Å². The van der Waals surface area contributed by atoms with Crippen LogP contribution in [0.25, 0.3) is 0 Å². The van der Waals surface area contributed by atoms with Crippen LogP contribution in [-0.2, 0) is 13.0 Å². The van der Waals surface area contributed by atoms with E-state index >= 15 is 0 Å². The van der Waals surface area contributed by atoms with Crippen molar-refractivity contribution in [2.24, 2.45) is 0 Å². The third kappa shape index (κ3) is 5.43. The molecule has 3 aromatic rings. The normalized spacial score (nSPS) is 12.9. The van der Waals surface area contributed by atoms with Gasteiger partial charge in [0.15, 0.2) is 5.78 Å². The molecule has 1 saturated carbocycles. The zero-order chi connectivity index (χ0) is 25.1. The Kier molecular flexibility index (Phi) is 7.01. The molecule has 6 nitrogen and oxygen atoms in total.